The molecule has 0 aliphatic carbocycles. The lowest BCUT2D eigenvalue weighted by atomic mass is 10.1. The summed E-state index contributed by atoms with van der Waals surface area (Å²) in [6.45, 7) is 0.196. The molecule has 3 amide bonds. The van der Waals surface area contributed by atoms with E-state index in [1.165, 1.54) is 6.08 Å². The third-order valence-corrected chi connectivity index (χ3v) is 4.37. The standard InChI is InChI=1S/C22H15N3O3/c23-13-16-8-4-5-9-18(16)20-11-10-17(28-20)12-19-21(26)25(22(27)24-19)14-15-6-2-1-3-7-15/h1-12H,14H2,(H,24,27)/b19-12+. The van der Waals surface area contributed by atoms with Crippen LogP contribution in [0.15, 0.2) is 76.8 Å². The summed E-state index contributed by atoms with van der Waals surface area (Å²) in [7, 11) is 0. The van der Waals surface area contributed by atoms with Gasteiger partial charge in [-0.15, -0.1) is 0 Å². The van der Waals surface area contributed by atoms with Crippen LogP contribution in [0.1, 0.15) is 16.9 Å². The van der Waals surface area contributed by atoms with Crippen LogP contribution in [0.2, 0.25) is 0 Å². The van der Waals surface area contributed by atoms with Crippen molar-refractivity contribution in [2.75, 3.05) is 0 Å². The van der Waals surface area contributed by atoms with Crippen LogP contribution in [-0.4, -0.2) is 16.8 Å². The fourth-order valence-electron chi connectivity index (χ4n) is 2.99. The van der Waals surface area contributed by atoms with E-state index >= 15 is 0 Å². The summed E-state index contributed by atoms with van der Waals surface area (Å²) >= 11 is 0. The van der Waals surface area contributed by atoms with Crippen LogP contribution in [0.4, 0.5) is 4.79 Å². The van der Waals surface area contributed by atoms with Gasteiger partial charge in [0, 0.05) is 11.6 Å². The Morgan fingerprint density at radius 3 is 2.54 bits per heavy atom. The smallest absolute Gasteiger partial charge is 0.329 e. The maximum atomic E-state index is 12.6. The fourth-order valence-corrected chi connectivity index (χ4v) is 2.99. The molecule has 4 rings (SSSR count). The molecule has 6 nitrogen and oxygen atoms in total. The zero-order valence-electron chi connectivity index (χ0n) is 14.8. The normalized spacial score (nSPS) is 15.0. The van der Waals surface area contributed by atoms with Crippen molar-refractivity contribution in [3.05, 3.63) is 89.3 Å². The number of furan rings is 1. The monoisotopic (exact) mass is 369 g/mol. The maximum Gasteiger partial charge on any atom is 0.329 e. The maximum absolute atomic E-state index is 12.6. The van der Waals surface area contributed by atoms with E-state index in [1.54, 1.807) is 30.3 Å². The Balaban J connectivity index is 1.57. The summed E-state index contributed by atoms with van der Waals surface area (Å²) in [6, 6.07) is 21.5. The number of hydrogen-bond acceptors (Lipinski definition) is 4. The van der Waals surface area contributed by atoms with Gasteiger partial charge >= 0.3 is 6.03 Å². The molecule has 136 valence electrons. The minimum atomic E-state index is -0.471. The largest absolute Gasteiger partial charge is 0.457 e. The van der Waals surface area contributed by atoms with Gasteiger partial charge in [-0.2, -0.15) is 5.26 Å². The summed E-state index contributed by atoms with van der Waals surface area (Å²) in [4.78, 5) is 25.9. The Hall–Kier alpha value is -4.11. The highest BCUT2D eigenvalue weighted by Gasteiger charge is 2.33. The Morgan fingerprint density at radius 1 is 1.00 bits per heavy atom. The number of imide groups is 1. The predicted octanol–water partition coefficient (Wildman–Crippen LogP) is 3.91. The molecule has 0 spiro atoms. The molecule has 6 heteroatoms. The highest BCUT2D eigenvalue weighted by atomic mass is 16.3. The molecule has 0 bridgehead atoms. The zero-order chi connectivity index (χ0) is 19.5. The second-order valence-electron chi connectivity index (χ2n) is 6.22. The first-order valence-corrected chi connectivity index (χ1v) is 8.63. The average Bonchev–Trinajstić information content (AvgIpc) is 3.29. The number of carbonyl (C=O) groups excluding carboxylic acids is 2. The van der Waals surface area contributed by atoms with Crippen molar-refractivity contribution in [2.45, 2.75) is 6.54 Å². The Bertz CT molecular complexity index is 1120. The molecule has 0 radical (unpaired) electrons. The Morgan fingerprint density at radius 2 is 1.75 bits per heavy atom. The highest BCUT2D eigenvalue weighted by molar-refractivity contribution is 6.13. The predicted molar refractivity (Wildman–Crippen MR) is 102 cm³/mol. The number of carbonyl (C=O) groups is 2. The van der Waals surface area contributed by atoms with E-state index in [2.05, 4.69) is 11.4 Å². The third kappa shape index (κ3) is 3.29. The number of amides is 3. The summed E-state index contributed by atoms with van der Waals surface area (Å²) in [5.41, 5.74) is 2.17. The van der Waals surface area contributed by atoms with Gasteiger partial charge in [-0.3, -0.25) is 9.69 Å². The van der Waals surface area contributed by atoms with Crippen LogP contribution in [0, 0.1) is 11.3 Å². The van der Waals surface area contributed by atoms with Gasteiger partial charge in [0.25, 0.3) is 5.91 Å². The molecule has 0 atom stereocenters. The minimum Gasteiger partial charge on any atom is -0.457 e. The van der Waals surface area contributed by atoms with Gasteiger partial charge in [0.15, 0.2) is 0 Å². The van der Waals surface area contributed by atoms with Crippen molar-refractivity contribution in [2.24, 2.45) is 0 Å². The van der Waals surface area contributed by atoms with E-state index in [9.17, 15) is 14.9 Å². The molecule has 1 aromatic heterocycles. The summed E-state index contributed by atoms with van der Waals surface area (Å²) in [5, 5.41) is 11.8. The molecular weight excluding hydrogens is 354 g/mol. The van der Waals surface area contributed by atoms with Crippen molar-refractivity contribution in [3.63, 3.8) is 0 Å². The van der Waals surface area contributed by atoms with Crippen molar-refractivity contribution >= 4 is 18.0 Å². The first-order valence-electron chi connectivity index (χ1n) is 8.63. The number of nitrogens with one attached hydrogen (secondary N) is 1. The zero-order valence-corrected chi connectivity index (χ0v) is 14.8. The summed E-state index contributed by atoms with van der Waals surface area (Å²) in [5.74, 6) is 0.513. The van der Waals surface area contributed by atoms with Gasteiger partial charge in [0.1, 0.15) is 17.2 Å². The SMILES string of the molecule is N#Cc1ccccc1-c1ccc(/C=C2/NC(=O)N(Cc3ccccc3)C2=O)o1. The van der Waals surface area contributed by atoms with E-state index in [0.717, 1.165) is 10.5 Å². The van der Waals surface area contributed by atoms with Crippen molar-refractivity contribution < 1.29 is 14.0 Å². The molecule has 1 aliphatic heterocycles. The van der Waals surface area contributed by atoms with Crippen LogP contribution in [-0.2, 0) is 11.3 Å². The first kappa shape index (κ1) is 17.3. The molecule has 1 saturated heterocycles. The average molecular weight is 369 g/mol. The van der Waals surface area contributed by atoms with Gasteiger partial charge in [0.2, 0.25) is 0 Å². The summed E-state index contributed by atoms with van der Waals surface area (Å²) in [6.07, 6.45) is 1.49. The van der Waals surface area contributed by atoms with Gasteiger partial charge < -0.3 is 9.73 Å². The topological polar surface area (TPSA) is 86.3 Å². The van der Waals surface area contributed by atoms with Crippen LogP contribution in [0.5, 0.6) is 0 Å². The summed E-state index contributed by atoms with van der Waals surface area (Å²) < 4.78 is 5.76. The minimum absolute atomic E-state index is 0.149. The molecule has 1 aliphatic rings. The number of rotatable bonds is 4. The van der Waals surface area contributed by atoms with Crippen LogP contribution in [0.3, 0.4) is 0 Å². The molecule has 2 aromatic carbocycles. The molecule has 3 aromatic rings. The lowest BCUT2D eigenvalue weighted by molar-refractivity contribution is -0.123. The lowest BCUT2D eigenvalue weighted by Crippen LogP contribution is -2.30. The first-order chi connectivity index (χ1) is 13.7. The van der Waals surface area contributed by atoms with Crippen molar-refractivity contribution in [1.82, 2.24) is 10.2 Å². The molecule has 1 N–H and O–H groups in total. The van der Waals surface area contributed by atoms with Gasteiger partial charge in [-0.25, -0.2) is 4.79 Å². The van der Waals surface area contributed by atoms with Crippen LogP contribution >= 0.6 is 0 Å². The highest BCUT2D eigenvalue weighted by Crippen LogP contribution is 2.27. The van der Waals surface area contributed by atoms with E-state index in [1.807, 2.05) is 36.4 Å². The molecular formula is C22H15N3O3. The van der Waals surface area contributed by atoms with Gasteiger partial charge in [-0.05, 0) is 29.8 Å². The van der Waals surface area contributed by atoms with E-state index in [-0.39, 0.29) is 12.2 Å². The fraction of sp³-hybridized carbons (Fsp3) is 0.0455. The van der Waals surface area contributed by atoms with E-state index < -0.39 is 11.9 Å². The van der Waals surface area contributed by atoms with Crippen LogP contribution < -0.4 is 5.32 Å². The molecule has 1 fully saturated rings. The number of urea groups is 1. The second kappa shape index (κ2) is 7.25. The van der Waals surface area contributed by atoms with Gasteiger partial charge in [0.05, 0.1) is 18.2 Å². The van der Waals surface area contributed by atoms with E-state index in [4.69, 9.17) is 4.42 Å². The van der Waals surface area contributed by atoms with Crippen LogP contribution in [0.25, 0.3) is 17.4 Å². The van der Waals surface area contributed by atoms with Crippen molar-refractivity contribution in [1.29, 1.82) is 5.26 Å². The molecule has 0 saturated carbocycles. The number of nitrogens with zero attached hydrogens (tertiary/aromatic N) is 2. The number of hydrogen-bond donors (Lipinski definition) is 1. The number of benzene rings is 2. The Labute approximate surface area is 161 Å². The van der Waals surface area contributed by atoms with E-state index in [0.29, 0.717) is 22.6 Å². The lowest BCUT2D eigenvalue weighted by Gasteiger charge is -2.11. The molecule has 0 unspecified atom stereocenters. The second-order valence-corrected chi connectivity index (χ2v) is 6.22. The van der Waals surface area contributed by atoms with Crippen molar-refractivity contribution in [3.8, 4) is 17.4 Å². The quantitative estimate of drug-likeness (QED) is 0.558. The third-order valence-electron chi connectivity index (χ3n) is 4.37. The van der Waals surface area contributed by atoms with Gasteiger partial charge in [-0.1, -0.05) is 42.5 Å². The molecule has 28 heavy (non-hydrogen) atoms. The molecule has 2 heterocycles. The Kier molecular flexibility index (Phi) is 4.48. The number of nitriles is 1.